The molecular weight excluding hydrogens is 218 g/mol. The van der Waals surface area contributed by atoms with Crippen molar-refractivity contribution in [2.24, 2.45) is 5.73 Å². The van der Waals surface area contributed by atoms with Crippen molar-refractivity contribution in [2.75, 3.05) is 5.32 Å². The van der Waals surface area contributed by atoms with Gasteiger partial charge in [0.2, 0.25) is 5.91 Å². The monoisotopic (exact) mass is 229 g/mol. The van der Waals surface area contributed by atoms with Gasteiger partial charge in [-0.25, -0.2) is 4.98 Å². The van der Waals surface area contributed by atoms with Gasteiger partial charge in [-0.3, -0.25) is 4.79 Å². The molecule has 0 bridgehead atoms. The largest absolute Gasteiger partial charge is 0.485 e. The van der Waals surface area contributed by atoms with Crippen LogP contribution in [0.15, 0.2) is 18.3 Å². The number of nitrogens with zero attached hydrogens (tertiary/aromatic N) is 1. The van der Waals surface area contributed by atoms with Gasteiger partial charge in [0, 0.05) is 6.20 Å². The number of amides is 1. The molecule has 1 aromatic rings. The van der Waals surface area contributed by atoms with E-state index in [-0.39, 0.29) is 24.4 Å². The van der Waals surface area contributed by atoms with Crippen LogP contribution >= 0.6 is 12.4 Å². The first-order valence-electron chi connectivity index (χ1n) is 4.36. The molecule has 0 unspecified atom stereocenters. The van der Waals surface area contributed by atoms with Gasteiger partial charge in [0.05, 0.1) is 0 Å². The molecule has 2 rings (SSSR count). The summed E-state index contributed by atoms with van der Waals surface area (Å²) in [5, 5.41) is 2.60. The van der Waals surface area contributed by atoms with Crippen molar-refractivity contribution in [3.8, 4) is 5.75 Å². The highest BCUT2D eigenvalue weighted by Gasteiger charge is 2.27. The molecular formula is C9H12ClN3O2. The highest BCUT2D eigenvalue weighted by Crippen LogP contribution is 2.25. The Balaban J connectivity index is 0.00000112. The summed E-state index contributed by atoms with van der Waals surface area (Å²) in [5.74, 6) is 0.716. The minimum absolute atomic E-state index is 0. The molecule has 0 saturated carbocycles. The number of anilines is 1. The molecule has 0 fully saturated rings. The van der Waals surface area contributed by atoms with Crippen molar-refractivity contribution in [3.05, 3.63) is 18.3 Å². The molecule has 82 valence electrons. The molecule has 6 heteroatoms. The summed E-state index contributed by atoms with van der Waals surface area (Å²) in [4.78, 5) is 15.4. The number of rotatable bonds is 0. The average Bonchev–Trinajstić information content (AvgIpc) is 2.28. The third-order valence-corrected chi connectivity index (χ3v) is 2.13. The molecule has 1 aliphatic heterocycles. The normalized spacial score (nSPS) is 24.0. The molecule has 5 nitrogen and oxygen atoms in total. The van der Waals surface area contributed by atoms with E-state index < -0.39 is 6.04 Å². The van der Waals surface area contributed by atoms with Gasteiger partial charge in [0.25, 0.3) is 0 Å². The molecule has 0 radical (unpaired) electrons. The van der Waals surface area contributed by atoms with Crippen molar-refractivity contribution in [1.29, 1.82) is 0 Å². The number of carbonyl (C=O) groups excluding carboxylic acids is 1. The maximum absolute atomic E-state index is 11.4. The quantitative estimate of drug-likeness (QED) is 0.681. The Morgan fingerprint density at radius 2 is 2.33 bits per heavy atom. The van der Waals surface area contributed by atoms with Crippen LogP contribution in [0.3, 0.4) is 0 Å². The molecule has 1 aromatic heterocycles. The highest BCUT2D eigenvalue weighted by molar-refractivity contribution is 5.96. The lowest BCUT2D eigenvalue weighted by Crippen LogP contribution is -2.44. The summed E-state index contributed by atoms with van der Waals surface area (Å²) in [6, 6.07) is 2.83. The van der Waals surface area contributed by atoms with Crippen LogP contribution in [0.2, 0.25) is 0 Å². The number of hydrogen-bond acceptors (Lipinski definition) is 4. The number of nitrogens with one attached hydrogen (secondary N) is 1. The van der Waals surface area contributed by atoms with E-state index in [2.05, 4.69) is 10.3 Å². The van der Waals surface area contributed by atoms with Crippen LogP contribution in [0.5, 0.6) is 5.75 Å². The lowest BCUT2D eigenvalue weighted by molar-refractivity contribution is -0.118. The van der Waals surface area contributed by atoms with Gasteiger partial charge in [0.1, 0.15) is 12.1 Å². The lowest BCUT2D eigenvalue weighted by atomic mass is 10.2. The number of pyridine rings is 1. The summed E-state index contributed by atoms with van der Waals surface area (Å²) < 4.78 is 5.47. The zero-order valence-corrected chi connectivity index (χ0v) is 8.95. The maximum atomic E-state index is 11.4. The number of halogens is 1. The van der Waals surface area contributed by atoms with Crippen LogP contribution in [0.4, 0.5) is 5.82 Å². The van der Waals surface area contributed by atoms with Crippen molar-refractivity contribution in [3.63, 3.8) is 0 Å². The van der Waals surface area contributed by atoms with E-state index in [9.17, 15) is 4.79 Å². The average molecular weight is 230 g/mol. The number of nitrogens with two attached hydrogens (primary N) is 1. The van der Waals surface area contributed by atoms with Crippen LogP contribution in [0, 0.1) is 0 Å². The summed E-state index contributed by atoms with van der Waals surface area (Å²) in [6.45, 7) is 1.76. The number of fused-ring (bicyclic) bond motifs is 1. The molecule has 0 saturated heterocycles. The third-order valence-electron chi connectivity index (χ3n) is 2.13. The van der Waals surface area contributed by atoms with E-state index in [4.69, 9.17) is 10.5 Å². The summed E-state index contributed by atoms with van der Waals surface area (Å²) in [5.41, 5.74) is 5.64. The Labute approximate surface area is 93.4 Å². The standard InChI is InChI=1S/C9H11N3O2.ClH/c1-5-7(10)9(13)12-8-6(14-5)3-2-4-11-8;/h2-5,7H,10H2,1H3,(H,11,12,13);1H/t5-,7+;/m1./s1. The topological polar surface area (TPSA) is 77.2 Å². The molecule has 0 aromatic carbocycles. The predicted molar refractivity (Wildman–Crippen MR) is 58.2 cm³/mol. The van der Waals surface area contributed by atoms with Gasteiger partial charge < -0.3 is 15.8 Å². The molecule has 0 spiro atoms. The first-order valence-corrected chi connectivity index (χ1v) is 4.36. The van der Waals surface area contributed by atoms with E-state index in [1.807, 2.05) is 0 Å². The Kier molecular flexibility index (Phi) is 3.49. The van der Waals surface area contributed by atoms with Crippen molar-refractivity contribution >= 4 is 24.1 Å². The SMILES string of the molecule is C[C@H]1Oc2cccnc2NC(=O)[C@H]1N.Cl. The lowest BCUT2D eigenvalue weighted by Gasteiger charge is -2.15. The molecule has 3 N–H and O–H groups in total. The van der Waals surface area contributed by atoms with Crippen molar-refractivity contribution in [1.82, 2.24) is 4.98 Å². The van der Waals surface area contributed by atoms with Crippen LogP contribution in [0.25, 0.3) is 0 Å². The van der Waals surface area contributed by atoms with Gasteiger partial charge in [-0.1, -0.05) is 0 Å². The maximum Gasteiger partial charge on any atom is 0.246 e. The Morgan fingerprint density at radius 3 is 3.07 bits per heavy atom. The van der Waals surface area contributed by atoms with Gasteiger partial charge in [0.15, 0.2) is 11.6 Å². The number of carbonyl (C=O) groups is 1. The van der Waals surface area contributed by atoms with E-state index in [1.54, 1.807) is 25.3 Å². The van der Waals surface area contributed by atoms with Gasteiger partial charge in [-0.15, -0.1) is 12.4 Å². The van der Waals surface area contributed by atoms with Crippen LogP contribution in [0.1, 0.15) is 6.92 Å². The van der Waals surface area contributed by atoms with Crippen LogP contribution in [-0.2, 0) is 4.79 Å². The number of aromatic nitrogens is 1. The first-order chi connectivity index (χ1) is 6.68. The second-order valence-corrected chi connectivity index (χ2v) is 3.19. The Morgan fingerprint density at radius 1 is 1.60 bits per heavy atom. The molecule has 15 heavy (non-hydrogen) atoms. The Bertz CT molecular complexity index is 372. The van der Waals surface area contributed by atoms with Crippen LogP contribution in [-0.4, -0.2) is 23.0 Å². The van der Waals surface area contributed by atoms with Crippen molar-refractivity contribution < 1.29 is 9.53 Å². The van der Waals surface area contributed by atoms with Gasteiger partial charge in [-0.05, 0) is 19.1 Å². The second-order valence-electron chi connectivity index (χ2n) is 3.19. The molecule has 2 atom stereocenters. The van der Waals surface area contributed by atoms with E-state index >= 15 is 0 Å². The van der Waals surface area contributed by atoms with Gasteiger partial charge in [-0.2, -0.15) is 0 Å². The fourth-order valence-corrected chi connectivity index (χ4v) is 1.27. The minimum Gasteiger partial charge on any atom is -0.485 e. The Hall–Kier alpha value is -1.33. The fourth-order valence-electron chi connectivity index (χ4n) is 1.27. The molecule has 2 heterocycles. The van der Waals surface area contributed by atoms with E-state index in [0.29, 0.717) is 11.6 Å². The first kappa shape index (κ1) is 11.7. The molecule has 1 amide bonds. The zero-order chi connectivity index (χ0) is 10.1. The second kappa shape index (κ2) is 4.46. The molecule has 1 aliphatic rings. The predicted octanol–water partition coefficient (Wildman–Crippen LogP) is 0.550. The summed E-state index contributed by atoms with van der Waals surface area (Å²) in [7, 11) is 0. The minimum atomic E-state index is -0.663. The van der Waals surface area contributed by atoms with Gasteiger partial charge >= 0.3 is 0 Å². The van der Waals surface area contributed by atoms with E-state index in [1.165, 1.54) is 0 Å². The number of hydrogen-bond donors (Lipinski definition) is 2. The summed E-state index contributed by atoms with van der Waals surface area (Å²) >= 11 is 0. The van der Waals surface area contributed by atoms with E-state index in [0.717, 1.165) is 0 Å². The number of ether oxygens (including phenoxy) is 1. The highest BCUT2D eigenvalue weighted by atomic mass is 35.5. The third kappa shape index (κ3) is 2.19. The summed E-state index contributed by atoms with van der Waals surface area (Å²) in [6.07, 6.45) is 1.24. The smallest absolute Gasteiger partial charge is 0.246 e. The van der Waals surface area contributed by atoms with Crippen LogP contribution < -0.4 is 15.8 Å². The van der Waals surface area contributed by atoms with Crippen molar-refractivity contribution in [2.45, 2.75) is 19.1 Å². The zero-order valence-electron chi connectivity index (χ0n) is 8.14. The fraction of sp³-hybridized carbons (Fsp3) is 0.333. The molecule has 0 aliphatic carbocycles.